The van der Waals surface area contributed by atoms with Crippen molar-refractivity contribution < 1.29 is 23.8 Å². The standard InChI is InChI=1S/C16H30N2O5/c1-15(2,3)22-13(19)17-18(14(20)23-16(4,5)6)10-11-8-12(9-11)21-7/h11-12H,8-10H2,1-7H3,(H,17,19). The summed E-state index contributed by atoms with van der Waals surface area (Å²) in [4.78, 5) is 24.2. The van der Waals surface area contributed by atoms with Crippen molar-refractivity contribution in [2.24, 2.45) is 5.92 Å². The highest BCUT2D eigenvalue weighted by atomic mass is 16.6. The van der Waals surface area contributed by atoms with Gasteiger partial charge >= 0.3 is 12.2 Å². The summed E-state index contributed by atoms with van der Waals surface area (Å²) in [6, 6.07) is 0. The first-order valence-electron chi connectivity index (χ1n) is 7.92. The van der Waals surface area contributed by atoms with Crippen LogP contribution in [0.2, 0.25) is 0 Å². The van der Waals surface area contributed by atoms with Crippen molar-refractivity contribution in [3.05, 3.63) is 0 Å². The van der Waals surface area contributed by atoms with E-state index in [-0.39, 0.29) is 12.0 Å². The lowest BCUT2D eigenvalue weighted by Crippen LogP contribution is -2.53. The predicted octanol–water partition coefficient (Wildman–Crippen LogP) is 3.09. The Labute approximate surface area is 138 Å². The van der Waals surface area contributed by atoms with Crippen molar-refractivity contribution in [2.75, 3.05) is 13.7 Å². The zero-order chi connectivity index (χ0) is 17.8. The summed E-state index contributed by atoms with van der Waals surface area (Å²) in [6.07, 6.45) is 0.662. The van der Waals surface area contributed by atoms with Crippen LogP contribution in [0.5, 0.6) is 0 Å². The average molecular weight is 330 g/mol. The van der Waals surface area contributed by atoms with Gasteiger partial charge in [0.2, 0.25) is 0 Å². The average Bonchev–Trinajstić information content (AvgIpc) is 2.26. The van der Waals surface area contributed by atoms with Crippen LogP contribution in [-0.2, 0) is 14.2 Å². The second-order valence-corrected chi connectivity index (χ2v) is 7.90. The van der Waals surface area contributed by atoms with E-state index in [1.807, 2.05) is 0 Å². The van der Waals surface area contributed by atoms with Crippen LogP contribution in [0.3, 0.4) is 0 Å². The summed E-state index contributed by atoms with van der Waals surface area (Å²) in [7, 11) is 1.67. The van der Waals surface area contributed by atoms with Crippen LogP contribution in [0.1, 0.15) is 54.4 Å². The predicted molar refractivity (Wildman–Crippen MR) is 85.8 cm³/mol. The van der Waals surface area contributed by atoms with E-state index in [2.05, 4.69) is 5.43 Å². The van der Waals surface area contributed by atoms with Gasteiger partial charge in [0, 0.05) is 13.7 Å². The number of amides is 2. The molecule has 0 heterocycles. The van der Waals surface area contributed by atoms with E-state index >= 15 is 0 Å². The molecule has 0 aromatic carbocycles. The number of ether oxygens (including phenoxy) is 3. The Hall–Kier alpha value is -1.50. The molecule has 7 heteroatoms. The van der Waals surface area contributed by atoms with Crippen LogP contribution in [0.25, 0.3) is 0 Å². The molecule has 0 radical (unpaired) electrons. The van der Waals surface area contributed by atoms with Crippen LogP contribution >= 0.6 is 0 Å². The Bertz CT molecular complexity index is 419. The molecule has 1 aliphatic carbocycles. The monoisotopic (exact) mass is 330 g/mol. The smallest absolute Gasteiger partial charge is 0.429 e. The maximum Gasteiger partial charge on any atom is 0.429 e. The topological polar surface area (TPSA) is 77.1 Å². The van der Waals surface area contributed by atoms with Gasteiger partial charge in [-0.1, -0.05) is 0 Å². The number of hydrogen-bond acceptors (Lipinski definition) is 5. The van der Waals surface area contributed by atoms with Crippen molar-refractivity contribution in [3.63, 3.8) is 0 Å². The van der Waals surface area contributed by atoms with Gasteiger partial charge in [0.15, 0.2) is 0 Å². The highest BCUT2D eigenvalue weighted by molar-refractivity contribution is 5.74. The Morgan fingerprint density at radius 3 is 2.00 bits per heavy atom. The largest absolute Gasteiger partial charge is 0.443 e. The van der Waals surface area contributed by atoms with Gasteiger partial charge in [0.25, 0.3) is 0 Å². The molecule has 7 nitrogen and oxygen atoms in total. The van der Waals surface area contributed by atoms with Crippen molar-refractivity contribution in [1.29, 1.82) is 0 Å². The van der Waals surface area contributed by atoms with E-state index in [1.54, 1.807) is 48.7 Å². The molecule has 0 atom stereocenters. The second kappa shape index (κ2) is 7.38. The lowest BCUT2D eigenvalue weighted by atomic mass is 9.82. The fraction of sp³-hybridized carbons (Fsp3) is 0.875. The summed E-state index contributed by atoms with van der Waals surface area (Å²) in [6.45, 7) is 11.0. The van der Waals surface area contributed by atoms with Crippen molar-refractivity contribution in [1.82, 2.24) is 10.4 Å². The zero-order valence-electron chi connectivity index (χ0n) is 15.3. The second-order valence-electron chi connectivity index (χ2n) is 7.90. The molecular formula is C16H30N2O5. The number of carbonyl (C=O) groups excluding carboxylic acids is 2. The lowest BCUT2D eigenvalue weighted by molar-refractivity contribution is -0.0317. The number of hydrazine groups is 1. The van der Waals surface area contributed by atoms with Crippen LogP contribution in [0.4, 0.5) is 9.59 Å². The molecule has 1 fully saturated rings. The van der Waals surface area contributed by atoms with Crippen molar-refractivity contribution >= 4 is 12.2 Å². The molecule has 0 spiro atoms. The van der Waals surface area contributed by atoms with Crippen molar-refractivity contribution in [3.8, 4) is 0 Å². The summed E-state index contributed by atoms with van der Waals surface area (Å²) < 4.78 is 15.8. The van der Waals surface area contributed by atoms with Crippen LogP contribution < -0.4 is 5.43 Å². The van der Waals surface area contributed by atoms with Crippen LogP contribution in [0.15, 0.2) is 0 Å². The maximum atomic E-state index is 12.3. The van der Waals surface area contributed by atoms with Gasteiger partial charge in [0.1, 0.15) is 11.2 Å². The van der Waals surface area contributed by atoms with Gasteiger partial charge in [-0.15, -0.1) is 0 Å². The highest BCUT2D eigenvalue weighted by Crippen LogP contribution is 2.30. The summed E-state index contributed by atoms with van der Waals surface area (Å²) >= 11 is 0. The first-order valence-corrected chi connectivity index (χ1v) is 7.92. The highest BCUT2D eigenvalue weighted by Gasteiger charge is 2.34. The fourth-order valence-corrected chi connectivity index (χ4v) is 2.17. The normalized spacial score (nSPS) is 21.2. The van der Waals surface area contributed by atoms with Gasteiger partial charge < -0.3 is 14.2 Å². The third-order valence-electron chi connectivity index (χ3n) is 3.21. The number of nitrogens with one attached hydrogen (secondary N) is 1. The zero-order valence-corrected chi connectivity index (χ0v) is 15.3. The van der Waals surface area contributed by atoms with E-state index in [0.29, 0.717) is 6.54 Å². The third kappa shape index (κ3) is 7.54. The fourth-order valence-electron chi connectivity index (χ4n) is 2.17. The number of methoxy groups -OCH3 is 1. The minimum atomic E-state index is -0.675. The number of rotatable bonds is 3. The van der Waals surface area contributed by atoms with E-state index in [1.165, 1.54) is 5.01 Å². The molecule has 1 saturated carbocycles. The molecule has 1 aliphatic rings. The molecule has 1 N–H and O–H groups in total. The first kappa shape index (κ1) is 19.5. The molecule has 23 heavy (non-hydrogen) atoms. The van der Waals surface area contributed by atoms with E-state index in [0.717, 1.165) is 12.8 Å². The first-order chi connectivity index (χ1) is 10.4. The van der Waals surface area contributed by atoms with Gasteiger partial charge in [-0.2, -0.15) is 0 Å². The summed E-state index contributed by atoms with van der Waals surface area (Å²) in [5, 5.41) is 1.19. The Morgan fingerprint density at radius 2 is 1.57 bits per heavy atom. The number of nitrogens with zero attached hydrogens (tertiary/aromatic N) is 1. The molecule has 2 amide bonds. The van der Waals surface area contributed by atoms with Crippen LogP contribution in [-0.4, -0.2) is 48.2 Å². The molecule has 134 valence electrons. The quantitative estimate of drug-likeness (QED) is 0.805. The van der Waals surface area contributed by atoms with E-state index in [9.17, 15) is 9.59 Å². The molecule has 0 aromatic heterocycles. The maximum absolute atomic E-state index is 12.3. The van der Waals surface area contributed by atoms with Crippen molar-refractivity contribution in [2.45, 2.75) is 71.7 Å². The minimum Gasteiger partial charge on any atom is -0.443 e. The third-order valence-corrected chi connectivity index (χ3v) is 3.21. The van der Waals surface area contributed by atoms with Gasteiger partial charge in [-0.05, 0) is 60.3 Å². The lowest BCUT2D eigenvalue weighted by Gasteiger charge is -2.37. The van der Waals surface area contributed by atoms with Gasteiger partial charge in [-0.3, -0.25) is 0 Å². The molecule has 0 bridgehead atoms. The molecule has 0 unspecified atom stereocenters. The molecule has 0 aromatic rings. The number of hydrogen-bond donors (Lipinski definition) is 1. The Morgan fingerprint density at radius 1 is 1.04 bits per heavy atom. The molecule has 1 rings (SSSR count). The van der Waals surface area contributed by atoms with Gasteiger partial charge in [0.05, 0.1) is 6.10 Å². The minimum absolute atomic E-state index is 0.224. The molecule has 0 saturated heterocycles. The summed E-state index contributed by atoms with van der Waals surface area (Å²) in [5.74, 6) is 0.266. The van der Waals surface area contributed by atoms with Gasteiger partial charge in [-0.25, -0.2) is 20.0 Å². The van der Waals surface area contributed by atoms with E-state index < -0.39 is 23.4 Å². The van der Waals surface area contributed by atoms with E-state index in [4.69, 9.17) is 14.2 Å². The Balaban J connectivity index is 2.64. The Kier molecular flexibility index (Phi) is 6.27. The SMILES string of the molecule is COC1CC(CN(NC(=O)OC(C)(C)C)C(=O)OC(C)(C)C)C1. The number of carbonyl (C=O) groups is 2. The van der Waals surface area contributed by atoms with Crippen LogP contribution in [0, 0.1) is 5.92 Å². The molecule has 0 aliphatic heterocycles. The summed E-state index contributed by atoms with van der Waals surface area (Å²) in [5.41, 5.74) is 1.21. The molecular weight excluding hydrogens is 300 g/mol.